The summed E-state index contributed by atoms with van der Waals surface area (Å²) in [4.78, 5) is 12.3. The van der Waals surface area contributed by atoms with Gasteiger partial charge in [-0.15, -0.1) is 0 Å². The van der Waals surface area contributed by atoms with Gasteiger partial charge in [0.1, 0.15) is 0 Å². The van der Waals surface area contributed by atoms with E-state index in [0.29, 0.717) is 5.56 Å². The topological polar surface area (TPSA) is 63.2 Å². The molecule has 110 valence electrons. The van der Waals surface area contributed by atoms with Crippen molar-refractivity contribution in [2.75, 3.05) is 0 Å². The van der Waals surface area contributed by atoms with Crippen molar-refractivity contribution in [1.82, 2.24) is 4.72 Å². The van der Waals surface area contributed by atoms with Crippen LogP contribution in [0, 0.1) is 10.7 Å². The minimum absolute atomic E-state index is 0.0636. The predicted molar refractivity (Wildman–Crippen MR) is 106 cm³/mol. The number of amides is 1. The van der Waals surface area contributed by atoms with Crippen LogP contribution in [0.4, 0.5) is 0 Å². The van der Waals surface area contributed by atoms with E-state index in [4.69, 9.17) is 0 Å². The molecule has 0 aliphatic rings. The lowest BCUT2D eigenvalue weighted by molar-refractivity contribution is 0.0980. The minimum Gasteiger partial charge on any atom is -0.268 e. The third kappa shape index (κ3) is 4.28. The summed E-state index contributed by atoms with van der Waals surface area (Å²) in [5, 5.41) is 0. The summed E-state index contributed by atoms with van der Waals surface area (Å²) in [5.41, 5.74) is 0.353. The Morgan fingerprint density at radius 1 is 1.00 bits per heavy atom. The van der Waals surface area contributed by atoms with Gasteiger partial charge in [0.15, 0.2) is 0 Å². The van der Waals surface area contributed by atoms with Crippen LogP contribution >= 0.6 is 67.8 Å². The summed E-state index contributed by atoms with van der Waals surface area (Å²) < 4.78 is 28.9. The lowest BCUT2D eigenvalue weighted by Crippen LogP contribution is -2.31. The number of sulfonamides is 1. The van der Waals surface area contributed by atoms with Gasteiger partial charge in [-0.1, -0.05) is 18.2 Å². The molecule has 0 fully saturated rings. The van der Waals surface area contributed by atoms with E-state index in [1.807, 2.05) is 28.7 Å². The predicted octanol–water partition coefficient (Wildman–Crippen LogP) is 3.62. The Hall–Kier alpha value is 0.0500. The Balaban J connectivity index is 2.35. The highest BCUT2D eigenvalue weighted by atomic mass is 127. The third-order valence-electron chi connectivity index (χ3n) is 2.52. The number of halogens is 3. The largest absolute Gasteiger partial charge is 0.268 e. The van der Waals surface area contributed by atoms with Crippen LogP contribution in [0.3, 0.4) is 0 Å². The smallest absolute Gasteiger partial charge is 0.266 e. The summed E-state index contributed by atoms with van der Waals surface area (Å²) in [6, 6.07) is 11.4. The first-order chi connectivity index (χ1) is 9.81. The van der Waals surface area contributed by atoms with Crippen LogP contribution in [0.1, 0.15) is 10.4 Å². The maximum atomic E-state index is 12.3. The van der Waals surface area contributed by atoms with Crippen LogP contribution in [0.15, 0.2) is 47.4 Å². The lowest BCUT2D eigenvalue weighted by Gasteiger charge is -2.09. The van der Waals surface area contributed by atoms with Crippen LogP contribution in [-0.4, -0.2) is 14.3 Å². The molecule has 0 radical (unpaired) electrons. The molecule has 4 nitrogen and oxygen atoms in total. The average Bonchev–Trinajstić information content (AvgIpc) is 2.43. The maximum absolute atomic E-state index is 12.3. The monoisotopic (exact) mass is 639 g/mol. The zero-order valence-corrected chi connectivity index (χ0v) is 17.6. The second-order valence-electron chi connectivity index (χ2n) is 4.00. The number of benzene rings is 2. The van der Waals surface area contributed by atoms with Gasteiger partial charge in [0.2, 0.25) is 0 Å². The van der Waals surface area contributed by atoms with E-state index < -0.39 is 15.9 Å². The molecule has 0 aromatic heterocycles. The van der Waals surface area contributed by atoms with Gasteiger partial charge in [0.25, 0.3) is 15.9 Å². The molecule has 0 spiro atoms. The number of nitrogens with one attached hydrogen (secondary N) is 1. The first kappa shape index (κ1) is 17.4. The first-order valence-electron chi connectivity index (χ1n) is 5.58. The van der Waals surface area contributed by atoms with Crippen molar-refractivity contribution in [2.45, 2.75) is 4.90 Å². The first-order valence-corrected chi connectivity index (χ1v) is 10.3. The van der Waals surface area contributed by atoms with Gasteiger partial charge in [-0.3, -0.25) is 4.79 Å². The number of carbonyl (C=O) groups is 1. The molecule has 0 heterocycles. The van der Waals surface area contributed by atoms with Gasteiger partial charge in [-0.25, -0.2) is 13.1 Å². The number of hydrogen-bond donors (Lipinski definition) is 1. The second kappa shape index (κ2) is 7.08. The van der Waals surface area contributed by atoms with E-state index in [1.165, 1.54) is 12.1 Å². The lowest BCUT2D eigenvalue weighted by atomic mass is 10.2. The highest BCUT2D eigenvalue weighted by molar-refractivity contribution is 14.1. The van der Waals surface area contributed by atoms with Crippen molar-refractivity contribution in [3.63, 3.8) is 0 Å². The molecular formula is C13H8I3NO3S. The highest BCUT2D eigenvalue weighted by Gasteiger charge is 2.21. The number of carbonyl (C=O) groups excluding carboxylic acids is 1. The zero-order chi connectivity index (χ0) is 15.6. The molecule has 0 unspecified atom stereocenters. The van der Waals surface area contributed by atoms with Crippen LogP contribution in [0.5, 0.6) is 0 Å². The summed E-state index contributed by atoms with van der Waals surface area (Å²) >= 11 is 6.24. The van der Waals surface area contributed by atoms with Gasteiger partial charge in [-0.05, 0) is 92.0 Å². The summed E-state index contributed by atoms with van der Waals surface area (Å²) in [5.74, 6) is -0.625. The second-order valence-corrected chi connectivity index (χ2v) is 9.17. The normalized spacial score (nSPS) is 11.2. The standard InChI is InChI=1S/C13H8I3NO3S/c14-8-6-10(12(16)11(15)7-8)13(18)17-21(19,20)9-4-2-1-3-5-9/h1-7H,(H,17,18). The van der Waals surface area contributed by atoms with E-state index >= 15 is 0 Å². The van der Waals surface area contributed by atoms with Crippen LogP contribution in [-0.2, 0) is 10.0 Å². The number of hydrogen-bond acceptors (Lipinski definition) is 3. The van der Waals surface area contributed by atoms with Gasteiger partial charge >= 0.3 is 0 Å². The minimum atomic E-state index is -3.86. The Kier molecular flexibility index (Phi) is 5.87. The van der Waals surface area contributed by atoms with Gasteiger partial charge in [-0.2, -0.15) is 0 Å². The fraction of sp³-hybridized carbons (Fsp3) is 0. The van der Waals surface area contributed by atoms with Crippen molar-refractivity contribution >= 4 is 83.7 Å². The molecule has 2 rings (SSSR count). The molecule has 0 atom stereocenters. The van der Waals surface area contributed by atoms with E-state index in [0.717, 1.165) is 10.7 Å². The van der Waals surface area contributed by atoms with E-state index in [2.05, 4.69) is 49.9 Å². The van der Waals surface area contributed by atoms with Gasteiger partial charge in [0.05, 0.1) is 10.5 Å². The maximum Gasteiger partial charge on any atom is 0.266 e. The molecule has 0 saturated heterocycles. The molecule has 0 aliphatic carbocycles. The molecule has 2 aromatic carbocycles. The molecule has 8 heteroatoms. The molecule has 1 N–H and O–H groups in total. The zero-order valence-electron chi connectivity index (χ0n) is 10.3. The van der Waals surface area contributed by atoms with Crippen molar-refractivity contribution in [2.24, 2.45) is 0 Å². The van der Waals surface area contributed by atoms with Crippen molar-refractivity contribution in [3.8, 4) is 0 Å². The molecule has 21 heavy (non-hydrogen) atoms. The molecule has 0 aliphatic heterocycles. The SMILES string of the molecule is O=C(NS(=O)(=O)c1ccccc1)c1cc(I)cc(I)c1I. The van der Waals surface area contributed by atoms with Crippen LogP contribution < -0.4 is 4.72 Å². The molecular weight excluding hydrogens is 631 g/mol. The Morgan fingerprint density at radius 3 is 2.24 bits per heavy atom. The summed E-state index contributed by atoms with van der Waals surface area (Å²) in [7, 11) is -3.86. The van der Waals surface area contributed by atoms with Gasteiger partial charge < -0.3 is 0 Å². The van der Waals surface area contributed by atoms with Crippen LogP contribution in [0.25, 0.3) is 0 Å². The fourth-order valence-corrected chi connectivity index (χ4v) is 4.95. The molecule has 0 saturated carbocycles. The Bertz CT molecular complexity index is 792. The van der Waals surface area contributed by atoms with Crippen LogP contribution in [0.2, 0.25) is 0 Å². The average molecular weight is 639 g/mol. The van der Waals surface area contributed by atoms with Crippen molar-refractivity contribution < 1.29 is 13.2 Å². The molecule has 0 bridgehead atoms. The van der Waals surface area contributed by atoms with E-state index in [9.17, 15) is 13.2 Å². The Morgan fingerprint density at radius 2 is 1.62 bits per heavy atom. The third-order valence-corrected chi connectivity index (χ3v) is 7.53. The molecule has 2 aromatic rings. The summed E-state index contributed by atoms with van der Waals surface area (Å²) in [6.07, 6.45) is 0. The van der Waals surface area contributed by atoms with Crippen molar-refractivity contribution in [3.05, 3.63) is 58.7 Å². The number of rotatable bonds is 3. The fourth-order valence-electron chi connectivity index (χ4n) is 1.56. The van der Waals surface area contributed by atoms with E-state index in [1.54, 1.807) is 24.3 Å². The quantitative estimate of drug-likeness (QED) is 0.413. The Labute approximate surface area is 163 Å². The van der Waals surface area contributed by atoms with Crippen molar-refractivity contribution in [1.29, 1.82) is 0 Å². The van der Waals surface area contributed by atoms with E-state index in [-0.39, 0.29) is 4.90 Å². The van der Waals surface area contributed by atoms with Gasteiger partial charge in [0, 0.05) is 10.7 Å². The molecule has 1 amide bonds. The highest BCUT2D eigenvalue weighted by Crippen LogP contribution is 2.23. The summed E-state index contributed by atoms with van der Waals surface area (Å²) in [6.45, 7) is 0.